The summed E-state index contributed by atoms with van der Waals surface area (Å²) in [6.45, 7) is -0.0666. The number of hydrogen-bond acceptors (Lipinski definition) is 6. The first-order valence-corrected chi connectivity index (χ1v) is 5.41. The molecule has 0 aliphatic heterocycles. The second-order valence-corrected chi connectivity index (χ2v) is 3.93. The molecule has 0 aliphatic rings. The van der Waals surface area contributed by atoms with Gasteiger partial charge >= 0.3 is 0 Å². The van der Waals surface area contributed by atoms with E-state index in [0.29, 0.717) is 0 Å². The number of nitrogens with zero attached hydrogens (tertiary/aromatic N) is 1. The van der Waals surface area contributed by atoms with Crippen LogP contribution in [0.1, 0.15) is 10.8 Å². The van der Waals surface area contributed by atoms with Crippen molar-refractivity contribution in [2.24, 2.45) is 0 Å². The van der Waals surface area contributed by atoms with Crippen LogP contribution in [0.5, 0.6) is 5.75 Å². The summed E-state index contributed by atoms with van der Waals surface area (Å²) in [5.41, 5.74) is -0.313. The van der Waals surface area contributed by atoms with Crippen LogP contribution in [-0.2, 0) is 13.2 Å². The smallest absolute Gasteiger partial charge is 0.227 e. The molecule has 0 saturated carbocycles. The van der Waals surface area contributed by atoms with E-state index in [9.17, 15) is 4.79 Å². The van der Waals surface area contributed by atoms with E-state index in [1.54, 1.807) is 6.20 Å². The Hall–Kier alpha value is -1.66. The molecule has 2 aromatic rings. The Morgan fingerprint density at radius 1 is 1.56 bits per heavy atom. The zero-order valence-corrected chi connectivity index (χ0v) is 9.07. The van der Waals surface area contributed by atoms with Crippen LogP contribution in [0.15, 0.2) is 33.1 Å². The molecule has 5 nitrogen and oxygen atoms in total. The van der Waals surface area contributed by atoms with Gasteiger partial charge in [-0.3, -0.25) is 4.79 Å². The largest absolute Gasteiger partial charge is 0.479 e. The van der Waals surface area contributed by atoms with Crippen molar-refractivity contribution in [3.05, 3.63) is 44.9 Å². The fourth-order valence-electron chi connectivity index (χ4n) is 1.09. The fraction of sp³-hybridized carbons (Fsp3) is 0.200. The molecule has 84 valence electrons. The monoisotopic (exact) mass is 239 g/mol. The van der Waals surface area contributed by atoms with Gasteiger partial charge < -0.3 is 14.3 Å². The van der Waals surface area contributed by atoms with Crippen LogP contribution in [0.3, 0.4) is 0 Å². The minimum atomic E-state index is -0.313. The molecule has 6 heteroatoms. The maximum Gasteiger partial charge on any atom is 0.227 e. The predicted molar refractivity (Wildman–Crippen MR) is 57.3 cm³/mol. The van der Waals surface area contributed by atoms with Crippen LogP contribution in [0, 0.1) is 0 Å². The van der Waals surface area contributed by atoms with Gasteiger partial charge in [0, 0.05) is 17.6 Å². The lowest BCUT2D eigenvalue weighted by Gasteiger charge is -2.02. The lowest BCUT2D eigenvalue weighted by molar-refractivity contribution is 0.236. The van der Waals surface area contributed by atoms with Crippen LogP contribution in [-0.4, -0.2) is 10.1 Å². The summed E-state index contributed by atoms with van der Waals surface area (Å²) in [5.74, 6) is 0.332. The highest BCUT2D eigenvalue weighted by Gasteiger charge is 2.05. The Morgan fingerprint density at radius 3 is 3.06 bits per heavy atom. The summed E-state index contributed by atoms with van der Waals surface area (Å²) in [6.07, 6.45) is 2.86. The van der Waals surface area contributed by atoms with Crippen molar-refractivity contribution in [2.45, 2.75) is 13.2 Å². The molecule has 2 heterocycles. The molecule has 0 unspecified atom stereocenters. The molecule has 0 atom stereocenters. The molecule has 0 spiro atoms. The third kappa shape index (κ3) is 2.47. The molecule has 0 bridgehead atoms. The minimum absolute atomic E-state index is 0.118. The number of aromatic nitrogens is 1. The zero-order valence-electron chi connectivity index (χ0n) is 8.25. The number of hydrogen-bond donors (Lipinski definition) is 1. The SMILES string of the molecule is O=c1cc(CO)occ1OCc1nccs1. The Kier molecular flexibility index (Phi) is 3.33. The van der Waals surface area contributed by atoms with Crippen molar-refractivity contribution in [2.75, 3.05) is 0 Å². The quantitative estimate of drug-likeness (QED) is 0.867. The molecular formula is C10H9NO4S. The second kappa shape index (κ2) is 4.91. The average Bonchev–Trinajstić information content (AvgIpc) is 2.80. The van der Waals surface area contributed by atoms with Crippen LogP contribution in [0.25, 0.3) is 0 Å². The topological polar surface area (TPSA) is 72.6 Å². The second-order valence-electron chi connectivity index (χ2n) is 2.95. The number of rotatable bonds is 4. The van der Waals surface area contributed by atoms with Gasteiger partial charge in [-0.15, -0.1) is 11.3 Å². The molecule has 0 saturated heterocycles. The van der Waals surface area contributed by atoms with Crippen LogP contribution >= 0.6 is 11.3 Å². The van der Waals surface area contributed by atoms with Crippen molar-refractivity contribution in [3.8, 4) is 5.75 Å². The zero-order chi connectivity index (χ0) is 11.4. The van der Waals surface area contributed by atoms with E-state index < -0.39 is 0 Å². The molecule has 0 aliphatic carbocycles. The molecule has 2 rings (SSSR count). The van der Waals surface area contributed by atoms with Crippen molar-refractivity contribution in [1.29, 1.82) is 0 Å². The predicted octanol–water partition coefficient (Wildman–Crippen LogP) is 1.17. The first-order valence-electron chi connectivity index (χ1n) is 4.53. The number of aliphatic hydroxyl groups is 1. The number of thiazole rings is 1. The highest BCUT2D eigenvalue weighted by Crippen LogP contribution is 2.10. The molecule has 2 aromatic heterocycles. The van der Waals surface area contributed by atoms with Gasteiger partial charge in [-0.2, -0.15) is 0 Å². The normalized spacial score (nSPS) is 10.3. The van der Waals surface area contributed by atoms with Crippen molar-refractivity contribution >= 4 is 11.3 Å². The summed E-state index contributed by atoms with van der Waals surface area (Å²) < 4.78 is 10.2. The Morgan fingerprint density at radius 2 is 2.44 bits per heavy atom. The molecule has 16 heavy (non-hydrogen) atoms. The Labute approximate surface area is 95.0 Å². The van der Waals surface area contributed by atoms with Crippen LogP contribution < -0.4 is 10.2 Å². The lowest BCUT2D eigenvalue weighted by Crippen LogP contribution is -2.07. The van der Waals surface area contributed by atoms with Gasteiger partial charge in [0.25, 0.3) is 0 Å². The highest BCUT2D eigenvalue weighted by molar-refractivity contribution is 7.09. The number of aliphatic hydroxyl groups excluding tert-OH is 1. The average molecular weight is 239 g/mol. The van der Waals surface area contributed by atoms with Gasteiger partial charge in [0.05, 0.1) is 0 Å². The summed E-state index contributed by atoms with van der Waals surface area (Å²) in [5, 5.41) is 11.4. The molecule has 0 fully saturated rings. The van der Waals surface area contributed by atoms with E-state index in [4.69, 9.17) is 14.3 Å². The van der Waals surface area contributed by atoms with Crippen molar-refractivity contribution < 1.29 is 14.3 Å². The van der Waals surface area contributed by atoms with E-state index in [0.717, 1.165) is 5.01 Å². The third-order valence-corrected chi connectivity index (χ3v) is 2.60. The van der Waals surface area contributed by atoms with Gasteiger partial charge in [-0.1, -0.05) is 0 Å². The summed E-state index contributed by atoms with van der Waals surface area (Å²) in [7, 11) is 0. The minimum Gasteiger partial charge on any atom is -0.479 e. The van der Waals surface area contributed by atoms with Gasteiger partial charge in [0.1, 0.15) is 30.2 Å². The maximum atomic E-state index is 11.4. The molecule has 0 aromatic carbocycles. The summed E-state index contributed by atoms with van der Waals surface area (Å²) >= 11 is 1.45. The van der Waals surface area contributed by atoms with Gasteiger partial charge in [0.15, 0.2) is 0 Å². The Bertz CT molecular complexity index is 506. The third-order valence-electron chi connectivity index (χ3n) is 1.84. The van der Waals surface area contributed by atoms with Crippen molar-refractivity contribution in [3.63, 3.8) is 0 Å². The van der Waals surface area contributed by atoms with Gasteiger partial charge in [0.2, 0.25) is 11.2 Å². The van der Waals surface area contributed by atoms with E-state index in [2.05, 4.69) is 4.98 Å². The van der Waals surface area contributed by atoms with Crippen LogP contribution in [0.4, 0.5) is 0 Å². The van der Waals surface area contributed by atoms with E-state index in [1.807, 2.05) is 5.38 Å². The first-order chi connectivity index (χ1) is 7.79. The van der Waals surface area contributed by atoms with Crippen LogP contribution in [0.2, 0.25) is 0 Å². The standard InChI is InChI=1S/C10H9NO4S/c12-4-7-3-8(13)9(5-14-7)15-6-10-11-1-2-16-10/h1-3,5,12H,4,6H2. The highest BCUT2D eigenvalue weighted by atomic mass is 32.1. The van der Waals surface area contributed by atoms with E-state index in [-0.39, 0.29) is 30.2 Å². The number of ether oxygens (including phenoxy) is 1. The molecular weight excluding hydrogens is 230 g/mol. The van der Waals surface area contributed by atoms with Gasteiger partial charge in [-0.25, -0.2) is 4.98 Å². The van der Waals surface area contributed by atoms with E-state index in [1.165, 1.54) is 23.7 Å². The molecule has 0 amide bonds. The van der Waals surface area contributed by atoms with Crippen molar-refractivity contribution in [1.82, 2.24) is 4.98 Å². The molecule has 1 N–H and O–H groups in total. The lowest BCUT2D eigenvalue weighted by atomic mass is 10.4. The maximum absolute atomic E-state index is 11.4. The first kappa shape index (κ1) is 10.8. The molecule has 0 radical (unpaired) electrons. The van der Waals surface area contributed by atoms with Gasteiger partial charge in [-0.05, 0) is 0 Å². The van der Waals surface area contributed by atoms with E-state index >= 15 is 0 Å². The Balaban J connectivity index is 2.07. The summed E-state index contributed by atoms with van der Waals surface area (Å²) in [4.78, 5) is 15.5. The fourth-order valence-corrected chi connectivity index (χ4v) is 1.62. The summed E-state index contributed by atoms with van der Waals surface area (Å²) in [6, 6.07) is 1.21.